The number of aliphatic hydroxyl groups excluding tert-OH is 2. The first-order valence-corrected chi connectivity index (χ1v) is 3.62. The van der Waals surface area contributed by atoms with Crippen molar-refractivity contribution < 1.29 is 15.1 Å². The van der Waals surface area contributed by atoms with Crippen LogP contribution in [-0.2, 0) is 0 Å². The summed E-state index contributed by atoms with van der Waals surface area (Å²) < 4.78 is 0. The molecule has 5 nitrogen and oxygen atoms in total. The Morgan fingerprint density at radius 2 is 1.73 bits per heavy atom. The Bertz CT molecular complexity index is 151. The Morgan fingerprint density at radius 1 is 1.27 bits per heavy atom. The molecule has 1 fully saturated rings. The Kier molecular flexibility index (Phi) is 2.41. The average molecular weight is 161 g/mol. The summed E-state index contributed by atoms with van der Waals surface area (Å²) in [5.74, 6) is 0. The summed E-state index contributed by atoms with van der Waals surface area (Å²) in [6, 6.07) is -1.18. The van der Waals surface area contributed by atoms with Crippen molar-refractivity contribution in [3.05, 3.63) is 10.1 Å². The Hall–Kier alpha value is -0.680. The summed E-state index contributed by atoms with van der Waals surface area (Å²) in [5.41, 5.74) is 0. The van der Waals surface area contributed by atoms with Gasteiger partial charge in [0.05, 0.1) is 0 Å². The quantitative estimate of drug-likeness (QED) is 0.402. The molecule has 0 heterocycles. The summed E-state index contributed by atoms with van der Waals surface area (Å²) in [5, 5.41) is 28.5. The van der Waals surface area contributed by atoms with Gasteiger partial charge in [-0.05, 0) is 19.3 Å². The Balaban J connectivity index is 2.62. The van der Waals surface area contributed by atoms with E-state index < -0.39 is 23.2 Å². The third-order valence-corrected chi connectivity index (χ3v) is 2.03. The minimum absolute atomic E-state index is 0.419. The normalized spacial score (nSPS) is 38.5. The first-order chi connectivity index (χ1) is 5.13. The van der Waals surface area contributed by atoms with Crippen LogP contribution in [0, 0.1) is 10.1 Å². The zero-order chi connectivity index (χ0) is 8.43. The molecule has 1 aliphatic carbocycles. The lowest BCUT2D eigenvalue weighted by atomic mass is 9.90. The first-order valence-electron chi connectivity index (χ1n) is 3.62. The molecule has 3 atom stereocenters. The summed E-state index contributed by atoms with van der Waals surface area (Å²) >= 11 is 0. The molecule has 0 radical (unpaired) electrons. The lowest BCUT2D eigenvalue weighted by Crippen LogP contribution is -2.46. The standard InChI is InChI=1S/C6H11NO4/c8-4-2-1-3-5(9)6(4)7(10)11/h4-6,8-9H,1-3H2/t4-,5+,6?. The second kappa shape index (κ2) is 3.15. The van der Waals surface area contributed by atoms with E-state index in [-0.39, 0.29) is 0 Å². The predicted octanol–water partition coefficient (Wildman–Crippen LogP) is -0.463. The van der Waals surface area contributed by atoms with Gasteiger partial charge in [-0.1, -0.05) is 0 Å². The number of rotatable bonds is 1. The Labute approximate surface area is 63.8 Å². The summed E-state index contributed by atoms with van der Waals surface area (Å²) in [4.78, 5) is 9.66. The molecule has 0 aromatic rings. The van der Waals surface area contributed by atoms with Crippen molar-refractivity contribution >= 4 is 0 Å². The second-order valence-electron chi connectivity index (χ2n) is 2.84. The third kappa shape index (κ3) is 1.66. The van der Waals surface area contributed by atoms with Gasteiger partial charge in [0.25, 0.3) is 6.04 Å². The maximum absolute atomic E-state index is 10.3. The molecule has 0 saturated heterocycles. The van der Waals surface area contributed by atoms with E-state index in [0.29, 0.717) is 19.3 Å². The number of hydrogen-bond acceptors (Lipinski definition) is 4. The van der Waals surface area contributed by atoms with Crippen molar-refractivity contribution in [3.8, 4) is 0 Å². The maximum Gasteiger partial charge on any atom is 0.263 e. The van der Waals surface area contributed by atoms with E-state index in [9.17, 15) is 10.1 Å². The highest BCUT2D eigenvalue weighted by Crippen LogP contribution is 2.20. The van der Waals surface area contributed by atoms with Gasteiger partial charge < -0.3 is 10.2 Å². The van der Waals surface area contributed by atoms with Gasteiger partial charge in [-0.25, -0.2) is 0 Å². The molecule has 0 amide bonds. The SMILES string of the molecule is O=[N+]([O-])C1[C@H](O)CCC[C@@H]1O. The van der Waals surface area contributed by atoms with Crippen LogP contribution < -0.4 is 0 Å². The zero-order valence-electron chi connectivity index (χ0n) is 6.01. The minimum atomic E-state index is -1.18. The summed E-state index contributed by atoms with van der Waals surface area (Å²) in [6.07, 6.45) is -0.458. The first kappa shape index (κ1) is 8.42. The van der Waals surface area contributed by atoms with Gasteiger partial charge in [-0.15, -0.1) is 0 Å². The van der Waals surface area contributed by atoms with Crippen molar-refractivity contribution in [2.24, 2.45) is 0 Å². The van der Waals surface area contributed by atoms with Crippen LogP contribution >= 0.6 is 0 Å². The van der Waals surface area contributed by atoms with Crippen molar-refractivity contribution in [2.75, 3.05) is 0 Å². The van der Waals surface area contributed by atoms with E-state index in [1.54, 1.807) is 0 Å². The highest BCUT2D eigenvalue weighted by molar-refractivity contribution is 4.81. The van der Waals surface area contributed by atoms with Crippen LogP contribution in [0.15, 0.2) is 0 Å². The van der Waals surface area contributed by atoms with Gasteiger partial charge in [-0.2, -0.15) is 0 Å². The Morgan fingerprint density at radius 3 is 2.00 bits per heavy atom. The number of hydrogen-bond donors (Lipinski definition) is 2. The van der Waals surface area contributed by atoms with Gasteiger partial charge in [0, 0.05) is 4.92 Å². The number of nitro groups is 1. The van der Waals surface area contributed by atoms with E-state index in [2.05, 4.69) is 0 Å². The molecule has 11 heavy (non-hydrogen) atoms. The zero-order valence-corrected chi connectivity index (χ0v) is 6.01. The molecule has 1 aliphatic rings. The molecule has 1 saturated carbocycles. The van der Waals surface area contributed by atoms with E-state index in [4.69, 9.17) is 10.2 Å². The second-order valence-corrected chi connectivity index (χ2v) is 2.84. The predicted molar refractivity (Wildman–Crippen MR) is 36.6 cm³/mol. The highest BCUT2D eigenvalue weighted by Gasteiger charge is 2.39. The topological polar surface area (TPSA) is 83.6 Å². The molecular weight excluding hydrogens is 150 g/mol. The van der Waals surface area contributed by atoms with E-state index in [1.807, 2.05) is 0 Å². The monoisotopic (exact) mass is 161 g/mol. The van der Waals surface area contributed by atoms with E-state index >= 15 is 0 Å². The highest BCUT2D eigenvalue weighted by atomic mass is 16.6. The van der Waals surface area contributed by atoms with Crippen molar-refractivity contribution in [2.45, 2.75) is 37.5 Å². The minimum Gasteiger partial charge on any atom is -0.386 e. The van der Waals surface area contributed by atoms with Crippen LogP contribution in [0.3, 0.4) is 0 Å². The van der Waals surface area contributed by atoms with Crippen LogP contribution in [0.1, 0.15) is 19.3 Å². The van der Waals surface area contributed by atoms with Crippen LogP contribution in [0.25, 0.3) is 0 Å². The molecular formula is C6H11NO4. The van der Waals surface area contributed by atoms with Gasteiger partial charge >= 0.3 is 0 Å². The van der Waals surface area contributed by atoms with Gasteiger partial charge in [0.1, 0.15) is 12.2 Å². The fourth-order valence-electron chi connectivity index (χ4n) is 1.42. The third-order valence-electron chi connectivity index (χ3n) is 2.03. The van der Waals surface area contributed by atoms with E-state index in [0.717, 1.165) is 0 Å². The van der Waals surface area contributed by atoms with Crippen LogP contribution in [0.5, 0.6) is 0 Å². The molecule has 0 aromatic carbocycles. The smallest absolute Gasteiger partial charge is 0.263 e. The molecule has 2 N–H and O–H groups in total. The van der Waals surface area contributed by atoms with Crippen LogP contribution in [-0.4, -0.2) is 33.4 Å². The van der Waals surface area contributed by atoms with Gasteiger partial charge in [0.15, 0.2) is 0 Å². The van der Waals surface area contributed by atoms with Crippen LogP contribution in [0.2, 0.25) is 0 Å². The lowest BCUT2D eigenvalue weighted by Gasteiger charge is -2.25. The molecule has 0 aromatic heterocycles. The molecule has 5 heteroatoms. The van der Waals surface area contributed by atoms with Gasteiger partial charge in [0.2, 0.25) is 0 Å². The average Bonchev–Trinajstić information content (AvgIpc) is 1.85. The summed E-state index contributed by atoms with van der Waals surface area (Å²) in [6.45, 7) is 0. The van der Waals surface area contributed by atoms with E-state index in [1.165, 1.54) is 0 Å². The fourth-order valence-corrected chi connectivity index (χ4v) is 1.42. The molecule has 0 aliphatic heterocycles. The molecule has 1 unspecified atom stereocenters. The maximum atomic E-state index is 10.3. The van der Waals surface area contributed by atoms with Crippen LogP contribution in [0.4, 0.5) is 0 Å². The molecule has 0 bridgehead atoms. The van der Waals surface area contributed by atoms with Crippen molar-refractivity contribution in [1.82, 2.24) is 0 Å². The largest absolute Gasteiger partial charge is 0.386 e. The molecule has 1 rings (SSSR count). The van der Waals surface area contributed by atoms with Gasteiger partial charge in [-0.3, -0.25) is 10.1 Å². The van der Waals surface area contributed by atoms with Crippen molar-refractivity contribution in [3.63, 3.8) is 0 Å². The number of nitrogens with zero attached hydrogens (tertiary/aromatic N) is 1. The number of aliphatic hydroxyl groups is 2. The van der Waals surface area contributed by atoms with Crippen molar-refractivity contribution in [1.29, 1.82) is 0 Å². The fraction of sp³-hybridized carbons (Fsp3) is 1.00. The summed E-state index contributed by atoms with van der Waals surface area (Å²) in [7, 11) is 0. The molecule has 64 valence electrons. The molecule has 0 spiro atoms. The lowest BCUT2D eigenvalue weighted by molar-refractivity contribution is -0.549.